The minimum atomic E-state index is -0.847. The van der Waals surface area contributed by atoms with E-state index in [1.807, 2.05) is 0 Å². The molecule has 1 aliphatic heterocycles. The lowest BCUT2D eigenvalue weighted by molar-refractivity contribution is 0.0622. The molecule has 32 heavy (non-hydrogen) atoms. The van der Waals surface area contributed by atoms with Gasteiger partial charge in [0, 0.05) is 37.5 Å². The minimum absolute atomic E-state index is 0.195. The van der Waals surface area contributed by atoms with Crippen molar-refractivity contribution in [1.82, 2.24) is 19.9 Å². The van der Waals surface area contributed by atoms with Crippen LogP contribution in [0.25, 0.3) is 11.4 Å². The van der Waals surface area contributed by atoms with Crippen LogP contribution in [0.5, 0.6) is 0 Å². The van der Waals surface area contributed by atoms with E-state index in [4.69, 9.17) is 0 Å². The predicted octanol–water partition coefficient (Wildman–Crippen LogP) is 4.37. The zero-order valence-electron chi connectivity index (χ0n) is 17.5. The van der Waals surface area contributed by atoms with Crippen molar-refractivity contribution >= 4 is 5.91 Å². The van der Waals surface area contributed by atoms with E-state index < -0.39 is 23.0 Å². The second kappa shape index (κ2) is 8.79. The molecule has 0 bridgehead atoms. The van der Waals surface area contributed by atoms with Gasteiger partial charge in [0.2, 0.25) is 0 Å². The predicted molar refractivity (Wildman–Crippen MR) is 113 cm³/mol. The number of aromatic nitrogens is 3. The molecular formula is C24H21F2N5O. The first kappa shape index (κ1) is 21.5. The van der Waals surface area contributed by atoms with Gasteiger partial charge in [0.25, 0.3) is 5.91 Å². The van der Waals surface area contributed by atoms with Crippen LogP contribution in [0.4, 0.5) is 8.78 Å². The number of nitrogens with zero attached hydrogens (tertiary/aromatic N) is 5. The Morgan fingerprint density at radius 3 is 2.59 bits per heavy atom. The number of pyridine rings is 1. The topological polar surface area (TPSA) is 82.8 Å². The summed E-state index contributed by atoms with van der Waals surface area (Å²) in [6.07, 6.45) is 5.36. The van der Waals surface area contributed by atoms with Crippen LogP contribution in [0.1, 0.15) is 41.6 Å². The van der Waals surface area contributed by atoms with E-state index in [-0.39, 0.29) is 5.91 Å². The maximum atomic E-state index is 14.4. The molecular weight excluding hydrogens is 412 g/mol. The molecule has 1 amide bonds. The maximum absolute atomic E-state index is 14.4. The van der Waals surface area contributed by atoms with Gasteiger partial charge in [-0.2, -0.15) is 5.26 Å². The summed E-state index contributed by atoms with van der Waals surface area (Å²) in [5.41, 5.74) is 0.908. The average Bonchev–Trinajstić information content (AvgIpc) is 2.84. The number of carbonyl (C=O) groups excluding carboxylic acids is 1. The van der Waals surface area contributed by atoms with Gasteiger partial charge in [-0.25, -0.2) is 18.7 Å². The molecule has 1 fully saturated rings. The van der Waals surface area contributed by atoms with E-state index in [1.165, 1.54) is 18.5 Å². The number of halogens is 2. The molecule has 0 N–H and O–H groups in total. The Morgan fingerprint density at radius 1 is 1.16 bits per heavy atom. The Morgan fingerprint density at radius 2 is 1.94 bits per heavy atom. The first-order chi connectivity index (χ1) is 15.4. The molecule has 4 rings (SSSR count). The second-order valence-corrected chi connectivity index (χ2v) is 7.94. The number of likely N-dealkylation sites (tertiary alicyclic amines) is 1. The van der Waals surface area contributed by atoms with Gasteiger partial charge < -0.3 is 4.90 Å². The van der Waals surface area contributed by atoms with E-state index in [0.717, 1.165) is 6.07 Å². The van der Waals surface area contributed by atoms with E-state index >= 15 is 0 Å². The summed E-state index contributed by atoms with van der Waals surface area (Å²) < 4.78 is 27.7. The Labute approximate surface area is 184 Å². The van der Waals surface area contributed by atoms with E-state index in [0.29, 0.717) is 48.4 Å². The first-order valence-corrected chi connectivity index (χ1v) is 10.3. The quantitative estimate of drug-likeness (QED) is 0.610. The van der Waals surface area contributed by atoms with Crippen molar-refractivity contribution in [2.45, 2.75) is 25.7 Å². The van der Waals surface area contributed by atoms with Crippen LogP contribution in [0, 0.1) is 28.4 Å². The molecule has 1 atom stereocenters. The fraction of sp³-hybridized carbons (Fsp3) is 0.292. The minimum Gasteiger partial charge on any atom is -0.338 e. The van der Waals surface area contributed by atoms with Gasteiger partial charge in [0.05, 0.1) is 22.7 Å². The summed E-state index contributed by atoms with van der Waals surface area (Å²) in [7, 11) is 0. The van der Waals surface area contributed by atoms with Crippen LogP contribution < -0.4 is 0 Å². The number of rotatable bonds is 4. The molecule has 0 radical (unpaired) electrons. The molecule has 0 aliphatic carbocycles. The molecule has 3 aromatic rings. The molecule has 1 aliphatic rings. The van der Waals surface area contributed by atoms with Crippen molar-refractivity contribution in [3.05, 3.63) is 77.9 Å². The lowest BCUT2D eigenvalue weighted by atomic mass is 9.68. The molecule has 2 aromatic heterocycles. The van der Waals surface area contributed by atoms with Crippen molar-refractivity contribution in [3.63, 3.8) is 0 Å². The van der Waals surface area contributed by atoms with Gasteiger partial charge in [0.1, 0.15) is 23.7 Å². The van der Waals surface area contributed by atoms with Gasteiger partial charge in [-0.3, -0.25) is 9.78 Å². The summed E-state index contributed by atoms with van der Waals surface area (Å²) in [5.74, 6) is -1.95. The highest BCUT2D eigenvalue weighted by Crippen LogP contribution is 2.44. The SMILES string of the molecule is C[C@H](c1ccc(F)cc1F)C1(C#N)CCN(C(=O)c2cccnc2-c2ccncn2)CC1. The fourth-order valence-electron chi connectivity index (χ4n) is 4.28. The smallest absolute Gasteiger partial charge is 0.256 e. The summed E-state index contributed by atoms with van der Waals surface area (Å²) in [5, 5.41) is 9.98. The second-order valence-electron chi connectivity index (χ2n) is 7.94. The summed E-state index contributed by atoms with van der Waals surface area (Å²) >= 11 is 0. The number of hydrogen-bond acceptors (Lipinski definition) is 5. The highest BCUT2D eigenvalue weighted by molar-refractivity contribution is 5.99. The molecule has 8 heteroatoms. The van der Waals surface area contributed by atoms with Gasteiger partial charge >= 0.3 is 0 Å². The van der Waals surface area contributed by atoms with Crippen molar-refractivity contribution in [2.24, 2.45) is 5.41 Å². The molecule has 0 saturated carbocycles. The van der Waals surface area contributed by atoms with Crippen molar-refractivity contribution in [2.75, 3.05) is 13.1 Å². The Kier molecular flexibility index (Phi) is 5.91. The highest BCUT2D eigenvalue weighted by Gasteiger charge is 2.42. The molecule has 6 nitrogen and oxygen atoms in total. The Hall–Kier alpha value is -3.73. The van der Waals surface area contributed by atoms with Crippen LogP contribution >= 0.6 is 0 Å². The summed E-state index contributed by atoms with van der Waals surface area (Å²) in [4.78, 5) is 27.4. The normalized spacial score (nSPS) is 16.2. The fourth-order valence-corrected chi connectivity index (χ4v) is 4.28. The van der Waals surface area contributed by atoms with E-state index in [2.05, 4.69) is 21.0 Å². The number of carbonyl (C=O) groups is 1. The van der Waals surface area contributed by atoms with E-state index in [1.54, 1.807) is 42.4 Å². The van der Waals surface area contributed by atoms with E-state index in [9.17, 15) is 18.8 Å². The Bertz CT molecular complexity index is 1170. The number of benzene rings is 1. The molecule has 1 saturated heterocycles. The van der Waals surface area contributed by atoms with Crippen LogP contribution in [-0.2, 0) is 0 Å². The monoisotopic (exact) mass is 433 g/mol. The zero-order valence-corrected chi connectivity index (χ0v) is 17.5. The first-order valence-electron chi connectivity index (χ1n) is 10.3. The number of hydrogen-bond donors (Lipinski definition) is 0. The third-order valence-corrected chi connectivity index (χ3v) is 6.29. The highest BCUT2D eigenvalue weighted by atomic mass is 19.1. The largest absolute Gasteiger partial charge is 0.338 e. The summed E-state index contributed by atoms with van der Waals surface area (Å²) in [6, 6.07) is 10.9. The maximum Gasteiger partial charge on any atom is 0.256 e. The van der Waals surface area contributed by atoms with Crippen molar-refractivity contribution in [1.29, 1.82) is 5.26 Å². The Balaban J connectivity index is 1.55. The average molecular weight is 433 g/mol. The van der Waals surface area contributed by atoms with Crippen LogP contribution in [0.2, 0.25) is 0 Å². The lowest BCUT2D eigenvalue weighted by Gasteiger charge is -2.41. The zero-order chi connectivity index (χ0) is 22.7. The van der Waals surface area contributed by atoms with Crippen LogP contribution in [0.15, 0.2) is 55.1 Å². The van der Waals surface area contributed by atoms with Crippen molar-refractivity contribution in [3.8, 4) is 17.5 Å². The van der Waals surface area contributed by atoms with Gasteiger partial charge in [-0.15, -0.1) is 0 Å². The number of nitriles is 1. The standard InChI is InChI=1S/C24H21F2N5O/c1-16(18-5-4-17(25)13-20(18)26)24(14-27)7-11-31(12-8-24)23(32)19-3-2-9-29-22(19)21-6-10-28-15-30-21/h2-6,9-10,13,15-16H,7-8,11-12H2,1H3/t16-/m1/s1. The van der Waals surface area contributed by atoms with Gasteiger partial charge in [-0.05, 0) is 42.7 Å². The third-order valence-electron chi connectivity index (χ3n) is 6.29. The number of amides is 1. The molecule has 162 valence electrons. The van der Waals surface area contributed by atoms with Crippen LogP contribution in [-0.4, -0.2) is 38.8 Å². The van der Waals surface area contributed by atoms with Crippen molar-refractivity contribution < 1.29 is 13.6 Å². The van der Waals surface area contributed by atoms with Crippen LogP contribution in [0.3, 0.4) is 0 Å². The third kappa shape index (κ3) is 3.94. The molecule has 0 spiro atoms. The lowest BCUT2D eigenvalue weighted by Crippen LogP contribution is -2.44. The summed E-state index contributed by atoms with van der Waals surface area (Å²) in [6.45, 7) is 2.47. The molecule has 0 unspecified atom stereocenters. The number of piperidine rings is 1. The molecule has 1 aromatic carbocycles. The van der Waals surface area contributed by atoms with Gasteiger partial charge in [-0.1, -0.05) is 13.0 Å². The van der Waals surface area contributed by atoms with Gasteiger partial charge in [0.15, 0.2) is 0 Å². The molecule has 3 heterocycles.